The number of aryl methyl sites for hydroxylation is 1. The van der Waals surface area contributed by atoms with Gasteiger partial charge in [0.25, 0.3) is 5.91 Å². The van der Waals surface area contributed by atoms with E-state index in [1.165, 1.54) is 17.1 Å². The number of morpholine rings is 1. The van der Waals surface area contributed by atoms with Crippen LogP contribution < -0.4 is 11.1 Å². The van der Waals surface area contributed by atoms with Crippen molar-refractivity contribution in [3.63, 3.8) is 0 Å². The predicted molar refractivity (Wildman–Crippen MR) is 149 cm³/mol. The molecular weight excluding hydrogens is 575 g/mol. The highest BCUT2D eigenvalue weighted by Crippen LogP contribution is 2.35. The van der Waals surface area contributed by atoms with Crippen molar-refractivity contribution in [2.24, 2.45) is 0 Å². The van der Waals surface area contributed by atoms with Gasteiger partial charge in [-0.3, -0.25) is 9.59 Å². The Kier molecular flexibility index (Phi) is 8.02. The third kappa shape index (κ3) is 6.14. The molecule has 0 aliphatic carbocycles. The van der Waals surface area contributed by atoms with Gasteiger partial charge >= 0.3 is 6.18 Å². The number of anilines is 2. The number of fused-ring (bicyclic) bond motifs is 1. The fraction of sp³-hybridized carbons (Fsp3) is 0.250. The Labute approximate surface area is 242 Å². The number of alkyl halides is 3. The molecule has 1 aliphatic rings. The molecule has 2 aromatic carbocycles. The second-order valence-electron chi connectivity index (χ2n) is 9.38. The van der Waals surface area contributed by atoms with Crippen LogP contribution in [-0.4, -0.2) is 62.8 Å². The molecule has 42 heavy (non-hydrogen) atoms. The lowest BCUT2D eigenvalue weighted by Gasteiger charge is -2.26. The first-order valence-electron chi connectivity index (χ1n) is 12.6. The average molecular weight is 598 g/mol. The van der Waals surface area contributed by atoms with Crippen LogP contribution in [0.4, 0.5) is 24.7 Å². The van der Waals surface area contributed by atoms with Crippen molar-refractivity contribution in [2.45, 2.75) is 19.6 Å². The minimum atomic E-state index is -4.71. The van der Waals surface area contributed by atoms with E-state index in [0.29, 0.717) is 54.7 Å². The summed E-state index contributed by atoms with van der Waals surface area (Å²) < 4.78 is 46.4. The van der Waals surface area contributed by atoms with E-state index in [4.69, 9.17) is 22.1 Å². The third-order valence-corrected chi connectivity index (χ3v) is 6.88. The van der Waals surface area contributed by atoms with E-state index >= 15 is 0 Å². The lowest BCUT2D eigenvalue weighted by Crippen LogP contribution is -2.42. The van der Waals surface area contributed by atoms with Gasteiger partial charge in [0.2, 0.25) is 5.91 Å². The first-order valence-corrected chi connectivity index (χ1v) is 13.0. The van der Waals surface area contributed by atoms with Crippen LogP contribution in [-0.2, 0) is 22.3 Å². The Balaban J connectivity index is 1.41. The first-order chi connectivity index (χ1) is 20.0. The molecular formula is C28H23ClF3N7O3. The van der Waals surface area contributed by atoms with Gasteiger partial charge in [0.1, 0.15) is 24.4 Å². The van der Waals surface area contributed by atoms with E-state index in [0.717, 1.165) is 11.6 Å². The van der Waals surface area contributed by atoms with Crippen molar-refractivity contribution in [2.75, 3.05) is 37.4 Å². The van der Waals surface area contributed by atoms with E-state index in [1.807, 2.05) is 0 Å². The topological polar surface area (TPSA) is 128 Å². The van der Waals surface area contributed by atoms with Gasteiger partial charge in [-0.2, -0.15) is 18.3 Å². The van der Waals surface area contributed by atoms with Crippen molar-refractivity contribution in [3.8, 4) is 11.8 Å². The Morgan fingerprint density at radius 1 is 1.12 bits per heavy atom. The molecule has 1 saturated heterocycles. The van der Waals surface area contributed by atoms with Crippen molar-refractivity contribution in [1.29, 1.82) is 0 Å². The number of nitrogens with one attached hydrogen (secondary N) is 1. The fourth-order valence-corrected chi connectivity index (χ4v) is 4.54. The van der Waals surface area contributed by atoms with Crippen LogP contribution in [0.1, 0.15) is 32.7 Å². The molecule has 0 saturated carbocycles. The summed E-state index contributed by atoms with van der Waals surface area (Å²) in [6, 6.07) is 7.83. The summed E-state index contributed by atoms with van der Waals surface area (Å²) in [6.45, 7) is 3.62. The molecule has 0 atom stereocenters. The molecule has 5 rings (SSSR count). The number of nitrogen functional groups attached to an aromatic ring is 1. The molecule has 216 valence electrons. The molecule has 3 heterocycles. The maximum absolute atomic E-state index is 13.2. The van der Waals surface area contributed by atoms with Crippen molar-refractivity contribution in [3.05, 3.63) is 75.7 Å². The van der Waals surface area contributed by atoms with Gasteiger partial charge in [-0.15, -0.1) is 0 Å². The Hall–Kier alpha value is -4.67. The monoisotopic (exact) mass is 597 g/mol. The quantitative estimate of drug-likeness (QED) is 0.342. The molecule has 2 amide bonds. The number of rotatable bonds is 4. The molecule has 2 aromatic heterocycles. The van der Waals surface area contributed by atoms with Gasteiger partial charge in [-0.05, 0) is 48.7 Å². The largest absolute Gasteiger partial charge is 0.417 e. The molecule has 0 unspecified atom stereocenters. The summed E-state index contributed by atoms with van der Waals surface area (Å²) in [5.74, 6) is 5.21. The number of halogens is 4. The highest BCUT2D eigenvalue weighted by molar-refractivity contribution is 6.31. The number of amides is 2. The fourth-order valence-electron chi connectivity index (χ4n) is 4.32. The molecule has 10 nitrogen and oxygen atoms in total. The Bertz CT molecular complexity index is 1760. The van der Waals surface area contributed by atoms with Crippen LogP contribution in [0, 0.1) is 18.8 Å². The number of carbonyl (C=O) groups excluding carboxylic acids is 2. The second-order valence-corrected chi connectivity index (χ2v) is 9.79. The zero-order chi connectivity index (χ0) is 30.0. The van der Waals surface area contributed by atoms with E-state index < -0.39 is 22.7 Å². The zero-order valence-electron chi connectivity index (χ0n) is 22.1. The second kappa shape index (κ2) is 11.7. The summed E-state index contributed by atoms with van der Waals surface area (Å²) in [6.07, 6.45) is -3.43. The first kappa shape index (κ1) is 28.8. The number of hydrogen-bond donors (Lipinski definition) is 2. The molecule has 14 heteroatoms. The van der Waals surface area contributed by atoms with Gasteiger partial charge in [0.15, 0.2) is 5.65 Å². The van der Waals surface area contributed by atoms with Gasteiger partial charge in [-0.1, -0.05) is 23.6 Å². The number of nitrogens with zero attached hydrogens (tertiary/aromatic N) is 5. The number of ether oxygens (including phenoxy) is 1. The van der Waals surface area contributed by atoms with Crippen molar-refractivity contribution in [1.82, 2.24) is 24.6 Å². The predicted octanol–water partition coefficient (Wildman–Crippen LogP) is 3.90. The van der Waals surface area contributed by atoms with Crippen LogP contribution >= 0.6 is 11.6 Å². The summed E-state index contributed by atoms with van der Waals surface area (Å²) >= 11 is 5.66. The van der Waals surface area contributed by atoms with Crippen molar-refractivity contribution < 1.29 is 27.5 Å². The van der Waals surface area contributed by atoms with Gasteiger partial charge < -0.3 is 20.7 Å². The van der Waals surface area contributed by atoms with Crippen LogP contribution in [0.25, 0.3) is 11.0 Å². The molecule has 0 bridgehead atoms. The normalized spacial score (nSPS) is 13.5. The molecule has 4 aromatic rings. The maximum atomic E-state index is 13.2. The number of nitrogens with two attached hydrogens (primary N) is 1. The molecule has 1 fully saturated rings. The van der Waals surface area contributed by atoms with Crippen LogP contribution in [0.2, 0.25) is 5.02 Å². The number of aromatic nitrogens is 4. The number of hydrogen-bond acceptors (Lipinski definition) is 7. The maximum Gasteiger partial charge on any atom is 0.417 e. The summed E-state index contributed by atoms with van der Waals surface area (Å²) in [5, 5.41) is 6.97. The number of carbonyl (C=O) groups is 2. The van der Waals surface area contributed by atoms with Gasteiger partial charge in [0, 0.05) is 29.9 Å². The highest BCUT2D eigenvalue weighted by Gasteiger charge is 2.34. The summed E-state index contributed by atoms with van der Waals surface area (Å²) in [4.78, 5) is 35.5. The zero-order valence-corrected chi connectivity index (χ0v) is 22.9. The SMILES string of the molecule is Cc1ccc(NC(=O)c2ccc(Cl)c(C(F)(F)F)c2)cc1C#Cc1nn(CC(=O)N2CCOCC2)c2ncnc(N)c12. The van der Waals surface area contributed by atoms with E-state index in [9.17, 15) is 22.8 Å². The molecule has 0 spiro atoms. The van der Waals surface area contributed by atoms with Crippen LogP contribution in [0.3, 0.4) is 0 Å². The molecule has 3 N–H and O–H groups in total. The van der Waals surface area contributed by atoms with Crippen LogP contribution in [0.15, 0.2) is 42.7 Å². The minimum Gasteiger partial charge on any atom is -0.383 e. The minimum absolute atomic E-state index is 0.0735. The summed E-state index contributed by atoms with van der Waals surface area (Å²) in [5.41, 5.74) is 7.01. The van der Waals surface area contributed by atoms with Crippen molar-refractivity contribution >= 4 is 46.0 Å². The van der Waals surface area contributed by atoms with Gasteiger partial charge in [-0.25, -0.2) is 14.6 Å². The third-order valence-electron chi connectivity index (χ3n) is 6.55. The highest BCUT2D eigenvalue weighted by atomic mass is 35.5. The van der Waals surface area contributed by atoms with Crippen LogP contribution in [0.5, 0.6) is 0 Å². The lowest BCUT2D eigenvalue weighted by molar-refractivity contribution is -0.137. The van der Waals surface area contributed by atoms with Gasteiger partial charge in [0.05, 0.1) is 29.2 Å². The summed E-state index contributed by atoms with van der Waals surface area (Å²) in [7, 11) is 0. The smallest absolute Gasteiger partial charge is 0.383 e. The standard InChI is InChI=1S/C28H23ClF3N7O3/c1-16-2-5-19(36-27(41)18-3-6-21(29)20(13-18)28(30,31)32)12-17(16)4-7-22-24-25(33)34-15-35-26(24)39(37-22)14-23(40)38-8-10-42-11-9-38/h2-3,5-6,12-13,15H,8-11,14H2,1H3,(H,36,41)(H2,33,34,35). The average Bonchev–Trinajstić information content (AvgIpc) is 3.31. The van der Waals surface area contributed by atoms with E-state index in [1.54, 1.807) is 30.0 Å². The molecule has 0 radical (unpaired) electrons. The van der Waals surface area contributed by atoms with E-state index in [2.05, 4.69) is 32.2 Å². The number of benzene rings is 2. The Morgan fingerprint density at radius 2 is 1.88 bits per heavy atom. The van der Waals surface area contributed by atoms with E-state index in [-0.39, 0.29) is 29.5 Å². The Morgan fingerprint density at radius 3 is 2.62 bits per heavy atom. The lowest BCUT2D eigenvalue weighted by atomic mass is 10.1. The molecule has 1 aliphatic heterocycles.